The molecule has 0 spiro atoms. The SMILES string of the molecule is COc1cc(/C=C/C(=O)OCCOCCNC(=O)CCCCC2CCSS2)ccc1O. The van der Waals surface area contributed by atoms with Crippen molar-refractivity contribution in [2.75, 3.05) is 39.2 Å². The van der Waals surface area contributed by atoms with Crippen LogP contribution in [0.1, 0.15) is 37.7 Å². The van der Waals surface area contributed by atoms with E-state index < -0.39 is 5.97 Å². The van der Waals surface area contributed by atoms with Crippen LogP contribution in [0.5, 0.6) is 11.5 Å². The molecule has 0 aromatic heterocycles. The van der Waals surface area contributed by atoms with Crippen LogP contribution in [0.3, 0.4) is 0 Å². The first-order valence-corrected chi connectivity index (χ1v) is 12.8. The minimum Gasteiger partial charge on any atom is -0.504 e. The summed E-state index contributed by atoms with van der Waals surface area (Å²) < 4.78 is 15.4. The molecule has 9 heteroatoms. The number of hydrogen-bond acceptors (Lipinski definition) is 8. The van der Waals surface area contributed by atoms with Crippen LogP contribution in [0.2, 0.25) is 0 Å². The summed E-state index contributed by atoms with van der Waals surface area (Å²) in [6.07, 6.45) is 7.95. The van der Waals surface area contributed by atoms with E-state index in [-0.39, 0.29) is 24.9 Å². The summed E-state index contributed by atoms with van der Waals surface area (Å²) in [6.45, 7) is 1.22. The number of benzene rings is 1. The number of nitrogens with one attached hydrogen (secondary N) is 1. The Hall–Kier alpha value is -1.84. The molecule has 1 aliphatic rings. The molecule has 2 N–H and O–H groups in total. The van der Waals surface area contributed by atoms with Crippen molar-refractivity contribution in [2.24, 2.45) is 0 Å². The maximum absolute atomic E-state index is 11.8. The Bertz CT molecular complexity index is 722. The number of methoxy groups -OCH3 is 1. The molecule has 1 atom stereocenters. The highest BCUT2D eigenvalue weighted by molar-refractivity contribution is 8.77. The predicted molar refractivity (Wildman–Crippen MR) is 125 cm³/mol. The third kappa shape index (κ3) is 10.8. The highest BCUT2D eigenvalue weighted by Gasteiger charge is 2.15. The lowest BCUT2D eigenvalue weighted by atomic mass is 10.1. The summed E-state index contributed by atoms with van der Waals surface area (Å²) in [5.74, 6) is 1.19. The third-order valence-corrected chi connectivity index (χ3v) is 7.57. The Morgan fingerprint density at radius 3 is 2.90 bits per heavy atom. The fourth-order valence-electron chi connectivity index (χ4n) is 2.89. The normalized spacial score (nSPS) is 15.8. The maximum atomic E-state index is 11.8. The molecule has 2 rings (SSSR count). The molecule has 0 aliphatic carbocycles. The summed E-state index contributed by atoms with van der Waals surface area (Å²) >= 11 is 0. The Labute approximate surface area is 191 Å². The molecule has 7 nitrogen and oxygen atoms in total. The highest BCUT2D eigenvalue weighted by atomic mass is 33.1. The number of hydrogen-bond donors (Lipinski definition) is 2. The molecule has 1 unspecified atom stereocenters. The zero-order valence-corrected chi connectivity index (χ0v) is 19.5. The Morgan fingerprint density at radius 2 is 2.13 bits per heavy atom. The van der Waals surface area contributed by atoms with E-state index in [0.717, 1.165) is 18.1 Å². The third-order valence-electron chi connectivity index (χ3n) is 4.56. The van der Waals surface area contributed by atoms with Gasteiger partial charge in [-0.1, -0.05) is 34.1 Å². The van der Waals surface area contributed by atoms with E-state index in [1.807, 2.05) is 21.6 Å². The minimum atomic E-state index is -0.487. The van der Waals surface area contributed by atoms with Gasteiger partial charge in [-0.3, -0.25) is 4.79 Å². The molecule has 31 heavy (non-hydrogen) atoms. The standard InChI is InChI=1S/C22H31NO6S2/c1-27-20-16-17(6-8-19(20)24)7-9-22(26)29-14-13-28-12-11-23-21(25)5-3-2-4-18-10-15-30-31-18/h6-9,16,18,24H,2-5,10-15H2,1H3,(H,23,25)/b9-7+. The lowest BCUT2D eigenvalue weighted by Crippen LogP contribution is -2.27. The van der Waals surface area contributed by atoms with Crippen LogP contribution >= 0.6 is 21.6 Å². The summed E-state index contributed by atoms with van der Waals surface area (Å²) in [4.78, 5) is 23.5. The molecule has 1 heterocycles. The van der Waals surface area contributed by atoms with Crippen molar-refractivity contribution < 1.29 is 28.9 Å². The molecule has 1 fully saturated rings. The molecular formula is C22H31NO6S2. The van der Waals surface area contributed by atoms with Gasteiger partial charge in [-0.2, -0.15) is 0 Å². The highest BCUT2D eigenvalue weighted by Crippen LogP contribution is 2.39. The van der Waals surface area contributed by atoms with E-state index in [4.69, 9.17) is 14.2 Å². The van der Waals surface area contributed by atoms with Crippen molar-refractivity contribution in [2.45, 2.75) is 37.4 Å². The van der Waals surface area contributed by atoms with Gasteiger partial charge in [0.25, 0.3) is 0 Å². The number of amides is 1. The number of rotatable bonds is 14. The van der Waals surface area contributed by atoms with Gasteiger partial charge in [0.1, 0.15) is 6.61 Å². The molecule has 1 amide bonds. The quantitative estimate of drug-likeness (QED) is 0.184. The lowest BCUT2D eigenvalue weighted by Gasteiger charge is -2.08. The zero-order chi connectivity index (χ0) is 22.3. The first-order chi connectivity index (χ1) is 15.1. The number of esters is 1. The summed E-state index contributed by atoms with van der Waals surface area (Å²) in [5, 5.41) is 13.2. The molecule has 172 valence electrons. The number of ether oxygens (including phenoxy) is 3. The van der Waals surface area contributed by atoms with Gasteiger partial charge in [0.15, 0.2) is 11.5 Å². The first-order valence-electron chi connectivity index (χ1n) is 10.4. The molecular weight excluding hydrogens is 438 g/mol. The number of aromatic hydroxyl groups is 1. The van der Waals surface area contributed by atoms with E-state index in [0.29, 0.717) is 30.9 Å². The number of unbranched alkanes of at least 4 members (excludes halogenated alkanes) is 1. The van der Waals surface area contributed by atoms with Crippen LogP contribution in [0.25, 0.3) is 6.08 Å². The number of phenolic OH excluding ortho intramolecular Hbond substituents is 1. The van der Waals surface area contributed by atoms with E-state index in [1.54, 1.807) is 18.2 Å². The fourth-order valence-corrected chi connectivity index (χ4v) is 5.91. The number of carbonyl (C=O) groups excluding carboxylic acids is 2. The minimum absolute atomic E-state index is 0.0355. The molecule has 1 aliphatic heterocycles. The van der Waals surface area contributed by atoms with E-state index in [9.17, 15) is 14.7 Å². The van der Waals surface area contributed by atoms with Crippen LogP contribution in [0.4, 0.5) is 0 Å². The summed E-state index contributed by atoms with van der Waals surface area (Å²) in [7, 11) is 5.39. The van der Waals surface area contributed by atoms with E-state index in [1.165, 1.54) is 37.8 Å². The Kier molecular flexibility index (Phi) is 12.3. The van der Waals surface area contributed by atoms with Gasteiger partial charge < -0.3 is 24.6 Å². The van der Waals surface area contributed by atoms with Crippen molar-refractivity contribution in [3.05, 3.63) is 29.8 Å². The van der Waals surface area contributed by atoms with Crippen molar-refractivity contribution in [3.63, 3.8) is 0 Å². The summed E-state index contributed by atoms with van der Waals surface area (Å²) in [5.41, 5.74) is 0.704. The van der Waals surface area contributed by atoms with Crippen molar-refractivity contribution >= 4 is 39.5 Å². The second-order valence-corrected chi connectivity index (χ2v) is 9.76. The Balaban J connectivity index is 1.44. The largest absolute Gasteiger partial charge is 0.504 e. The van der Waals surface area contributed by atoms with Crippen LogP contribution in [-0.2, 0) is 19.1 Å². The van der Waals surface area contributed by atoms with Crippen LogP contribution in [0.15, 0.2) is 24.3 Å². The van der Waals surface area contributed by atoms with Gasteiger partial charge in [-0.05, 0) is 43.0 Å². The summed E-state index contributed by atoms with van der Waals surface area (Å²) in [6, 6.07) is 4.77. The van der Waals surface area contributed by atoms with Crippen molar-refractivity contribution in [1.82, 2.24) is 5.32 Å². The zero-order valence-electron chi connectivity index (χ0n) is 17.8. The molecule has 1 aromatic carbocycles. The molecule has 1 aromatic rings. The van der Waals surface area contributed by atoms with Crippen LogP contribution in [-0.4, -0.2) is 61.5 Å². The van der Waals surface area contributed by atoms with Gasteiger partial charge in [0.2, 0.25) is 5.91 Å². The molecule has 1 saturated heterocycles. The maximum Gasteiger partial charge on any atom is 0.330 e. The van der Waals surface area contributed by atoms with Crippen molar-refractivity contribution in [3.8, 4) is 11.5 Å². The molecule has 0 bridgehead atoms. The number of phenols is 1. The molecule has 0 radical (unpaired) electrons. The number of carbonyl (C=O) groups is 2. The van der Waals surface area contributed by atoms with E-state index >= 15 is 0 Å². The second kappa shape index (κ2) is 15.0. The molecule has 0 saturated carbocycles. The van der Waals surface area contributed by atoms with Crippen molar-refractivity contribution in [1.29, 1.82) is 0 Å². The average molecular weight is 470 g/mol. The van der Waals surface area contributed by atoms with Gasteiger partial charge >= 0.3 is 5.97 Å². The van der Waals surface area contributed by atoms with Gasteiger partial charge in [0, 0.05) is 30.0 Å². The smallest absolute Gasteiger partial charge is 0.330 e. The van der Waals surface area contributed by atoms with Gasteiger partial charge in [0.05, 0.1) is 20.3 Å². The Morgan fingerprint density at radius 1 is 1.26 bits per heavy atom. The van der Waals surface area contributed by atoms with Crippen LogP contribution in [0, 0.1) is 0 Å². The lowest BCUT2D eigenvalue weighted by molar-refractivity contribution is -0.139. The van der Waals surface area contributed by atoms with E-state index in [2.05, 4.69) is 5.32 Å². The van der Waals surface area contributed by atoms with Gasteiger partial charge in [-0.15, -0.1) is 0 Å². The second-order valence-electron chi connectivity index (χ2n) is 6.97. The van der Waals surface area contributed by atoms with Crippen LogP contribution < -0.4 is 10.1 Å². The predicted octanol–water partition coefficient (Wildman–Crippen LogP) is 3.80. The van der Waals surface area contributed by atoms with Gasteiger partial charge in [-0.25, -0.2) is 4.79 Å². The monoisotopic (exact) mass is 469 g/mol. The average Bonchev–Trinajstić information content (AvgIpc) is 3.29. The fraction of sp³-hybridized carbons (Fsp3) is 0.545. The topological polar surface area (TPSA) is 94.1 Å². The first kappa shape index (κ1) is 25.4.